The monoisotopic (exact) mass is 320 g/mol. The van der Waals surface area contributed by atoms with Crippen molar-refractivity contribution in [2.24, 2.45) is 0 Å². The van der Waals surface area contributed by atoms with Crippen LogP contribution >= 0.6 is 0 Å². The van der Waals surface area contributed by atoms with Crippen LogP contribution in [0.4, 0.5) is 5.69 Å². The Morgan fingerprint density at radius 2 is 2.00 bits per heavy atom. The van der Waals surface area contributed by atoms with E-state index in [0.717, 1.165) is 11.4 Å². The molecule has 0 N–H and O–H groups in total. The molecule has 0 fully saturated rings. The van der Waals surface area contributed by atoms with Gasteiger partial charge in [0.2, 0.25) is 0 Å². The molecule has 1 aliphatic rings. The third kappa shape index (κ3) is 2.32. The molecule has 1 amide bonds. The molecule has 4 rings (SSSR count). The van der Waals surface area contributed by atoms with E-state index in [4.69, 9.17) is 4.74 Å². The number of pyridine rings is 1. The molecule has 0 atom stereocenters. The highest BCUT2D eigenvalue weighted by Gasteiger charge is 2.27. The third-order valence-corrected chi connectivity index (χ3v) is 4.11. The Morgan fingerprint density at radius 3 is 2.83 bits per heavy atom. The number of aromatic nitrogens is 3. The number of ether oxygens (including phenoxy) is 1. The number of rotatable bonds is 2. The van der Waals surface area contributed by atoms with Crippen LogP contribution in [0.3, 0.4) is 0 Å². The van der Waals surface area contributed by atoms with Gasteiger partial charge in [-0.2, -0.15) is 5.10 Å². The Balaban J connectivity index is 1.71. The number of anilines is 1. The van der Waals surface area contributed by atoms with Crippen molar-refractivity contribution in [1.29, 1.82) is 0 Å². The number of nitrogens with zero attached hydrogens (tertiary/aromatic N) is 4. The normalized spacial score (nSPS) is 13.3. The van der Waals surface area contributed by atoms with Crippen molar-refractivity contribution in [2.45, 2.75) is 6.92 Å². The fourth-order valence-electron chi connectivity index (χ4n) is 2.87. The van der Waals surface area contributed by atoms with Crippen molar-refractivity contribution in [1.82, 2.24) is 14.8 Å². The van der Waals surface area contributed by atoms with Crippen molar-refractivity contribution < 1.29 is 9.53 Å². The van der Waals surface area contributed by atoms with E-state index in [2.05, 4.69) is 10.1 Å². The standard InChI is InChI=1S/C18H16N4O2/c1-13-15(11-20-22(13)14-5-3-2-4-6-14)18(23)21-9-10-24-17-7-8-19-12-16(17)21/h2-8,11-12H,9-10H2,1H3. The third-order valence-electron chi connectivity index (χ3n) is 4.11. The van der Waals surface area contributed by atoms with Crippen molar-refractivity contribution in [3.05, 3.63) is 66.2 Å². The lowest BCUT2D eigenvalue weighted by atomic mass is 10.2. The second kappa shape index (κ2) is 5.81. The molecule has 0 radical (unpaired) electrons. The first kappa shape index (κ1) is 14.4. The van der Waals surface area contributed by atoms with Crippen LogP contribution in [0.25, 0.3) is 5.69 Å². The van der Waals surface area contributed by atoms with E-state index < -0.39 is 0 Å². The average Bonchev–Trinajstić information content (AvgIpc) is 3.03. The Hall–Kier alpha value is -3.15. The number of hydrogen-bond donors (Lipinski definition) is 0. The largest absolute Gasteiger partial charge is 0.489 e. The first-order chi connectivity index (χ1) is 11.8. The lowest BCUT2D eigenvalue weighted by Crippen LogP contribution is -2.38. The van der Waals surface area contributed by atoms with E-state index in [1.807, 2.05) is 37.3 Å². The summed E-state index contributed by atoms with van der Waals surface area (Å²) in [6.07, 6.45) is 4.94. The quantitative estimate of drug-likeness (QED) is 0.728. The van der Waals surface area contributed by atoms with Gasteiger partial charge in [-0.05, 0) is 19.1 Å². The maximum Gasteiger partial charge on any atom is 0.262 e. The van der Waals surface area contributed by atoms with Crippen LogP contribution in [0.1, 0.15) is 16.1 Å². The minimum atomic E-state index is -0.0905. The SMILES string of the molecule is Cc1c(C(=O)N2CCOc3ccncc32)cnn1-c1ccccc1. The van der Waals surface area contributed by atoms with Gasteiger partial charge in [-0.3, -0.25) is 9.78 Å². The molecule has 6 nitrogen and oxygen atoms in total. The summed E-state index contributed by atoms with van der Waals surface area (Å²) in [6.45, 7) is 2.86. The van der Waals surface area contributed by atoms with Crippen LogP contribution in [0, 0.1) is 6.92 Å². The Bertz CT molecular complexity index is 889. The summed E-state index contributed by atoms with van der Waals surface area (Å²) in [5.74, 6) is 0.588. The predicted octanol–water partition coefficient (Wildman–Crippen LogP) is 2.61. The maximum absolute atomic E-state index is 13.0. The van der Waals surface area contributed by atoms with Gasteiger partial charge in [0, 0.05) is 12.3 Å². The zero-order valence-electron chi connectivity index (χ0n) is 13.2. The van der Waals surface area contributed by atoms with E-state index in [9.17, 15) is 4.79 Å². The van der Waals surface area contributed by atoms with Gasteiger partial charge in [0.1, 0.15) is 18.0 Å². The van der Waals surface area contributed by atoms with Crippen LogP contribution in [-0.4, -0.2) is 33.8 Å². The zero-order chi connectivity index (χ0) is 16.5. The van der Waals surface area contributed by atoms with Gasteiger partial charge in [-0.25, -0.2) is 4.68 Å². The van der Waals surface area contributed by atoms with E-state index in [-0.39, 0.29) is 5.91 Å². The fraction of sp³-hybridized carbons (Fsp3) is 0.167. The van der Waals surface area contributed by atoms with Gasteiger partial charge in [0.15, 0.2) is 0 Å². The number of amides is 1. The lowest BCUT2D eigenvalue weighted by Gasteiger charge is -2.28. The summed E-state index contributed by atoms with van der Waals surface area (Å²) in [6, 6.07) is 11.5. The van der Waals surface area contributed by atoms with E-state index >= 15 is 0 Å². The van der Waals surface area contributed by atoms with Gasteiger partial charge in [0.25, 0.3) is 5.91 Å². The van der Waals surface area contributed by atoms with Gasteiger partial charge >= 0.3 is 0 Å². The van der Waals surface area contributed by atoms with Crippen LogP contribution in [0.5, 0.6) is 5.75 Å². The molecule has 120 valence electrons. The molecular weight excluding hydrogens is 304 g/mol. The summed E-state index contributed by atoms with van der Waals surface area (Å²) in [4.78, 5) is 18.8. The second-order valence-electron chi connectivity index (χ2n) is 5.54. The number of fused-ring (bicyclic) bond motifs is 1. The van der Waals surface area contributed by atoms with Crippen molar-refractivity contribution >= 4 is 11.6 Å². The zero-order valence-corrected chi connectivity index (χ0v) is 13.2. The van der Waals surface area contributed by atoms with Crippen LogP contribution < -0.4 is 9.64 Å². The van der Waals surface area contributed by atoms with Crippen molar-refractivity contribution in [3.63, 3.8) is 0 Å². The van der Waals surface area contributed by atoms with Crippen LogP contribution in [0.2, 0.25) is 0 Å². The molecule has 1 aromatic carbocycles. The summed E-state index contributed by atoms with van der Waals surface area (Å²) in [5.41, 5.74) is 3.01. The van der Waals surface area contributed by atoms with Gasteiger partial charge in [-0.15, -0.1) is 0 Å². The number of para-hydroxylation sites is 1. The fourth-order valence-corrected chi connectivity index (χ4v) is 2.87. The molecule has 0 unspecified atom stereocenters. The van der Waals surface area contributed by atoms with Gasteiger partial charge < -0.3 is 9.64 Å². The number of carbonyl (C=O) groups excluding carboxylic acids is 1. The van der Waals surface area contributed by atoms with Crippen molar-refractivity contribution in [3.8, 4) is 11.4 Å². The molecular formula is C18H16N4O2. The molecule has 0 aliphatic carbocycles. The molecule has 3 heterocycles. The summed E-state index contributed by atoms with van der Waals surface area (Å²) in [7, 11) is 0. The summed E-state index contributed by atoms with van der Waals surface area (Å²) < 4.78 is 7.37. The Kier molecular flexibility index (Phi) is 3.49. The highest BCUT2D eigenvalue weighted by Crippen LogP contribution is 2.31. The second-order valence-corrected chi connectivity index (χ2v) is 5.54. The molecule has 1 aliphatic heterocycles. The number of benzene rings is 1. The molecule has 3 aromatic rings. The summed E-state index contributed by atoms with van der Waals surface area (Å²) in [5, 5.41) is 4.38. The number of hydrogen-bond acceptors (Lipinski definition) is 4. The molecule has 0 spiro atoms. The molecule has 24 heavy (non-hydrogen) atoms. The average molecular weight is 320 g/mol. The van der Waals surface area contributed by atoms with Gasteiger partial charge in [0.05, 0.1) is 35.9 Å². The predicted molar refractivity (Wildman–Crippen MR) is 89.7 cm³/mol. The van der Waals surface area contributed by atoms with E-state index in [1.165, 1.54) is 0 Å². The smallest absolute Gasteiger partial charge is 0.262 e. The van der Waals surface area contributed by atoms with Crippen molar-refractivity contribution in [2.75, 3.05) is 18.1 Å². The molecule has 6 heteroatoms. The first-order valence-corrected chi connectivity index (χ1v) is 7.74. The van der Waals surface area contributed by atoms with E-state index in [1.54, 1.807) is 34.2 Å². The minimum absolute atomic E-state index is 0.0905. The minimum Gasteiger partial charge on any atom is -0.489 e. The molecule has 0 saturated heterocycles. The number of carbonyl (C=O) groups is 1. The topological polar surface area (TPSA) is 60.3 Å². The van der Waals surface area contributed by atoms with E-state index in [0.29, 0.717) is 30.2 Å². The first-order valence-electron chi connectivity index (χ1n) is 7.74. The molecule has 0 bridgehead atoms. The molecule has 2 aromatic heterocycles. The lowest BCUT2D eigenvalue weighted by molar-refractivity contribution is 0.0976. The highest BCUT2D eigenvalue weighted by molar-refractivity contribution is 6.07. The van der Waals surface area contributed by atoms with Gasteiger partial charge in [-0.1, -0.05) is 18.2 Å². The molecule has 0 saturated carbocycles. The Morgan fingerprint density at radius 1 is 1.17 bits per heavy atom. The van der Waals surface area contributed by atoms with Crippen LogP contribution in [-0.2, 0) is 0 Å². The summed E-state index contributed by atoms with van der Waals surface area (Å²) >= 11 is 0. The maximum atomic E-state index is 13.0. The highest BCUT2D eigenvalue weighted by atomic mass is 16.5. The Labute approximate surface area is 139 Å². The van der Waals surface area contributed by atoms with Crippen LogP contribution in [0.15, 0.2) is 55.0 Å².